The second-order valence-corrected chi connectivity index (χ2v) is 13.4. The molecule has 1 amide bonds. The number of carbonyl (C=O) groups excluding carboxylic acids is 1. The van der Waals surface area contributed by atoms with Crippen LogP contribution in [0.15, 0.2) is 79.0 Å². The lowest BCUT2D eigenvalue weighted by Gasteiger charge is -2.25. The first-order valence-corrected chi connectivity index (χ1v) is 17.0. The van der Waals surface area contributed by atoms with Crippen LogP contribution in [0.1, 0.15) is 54.1 Å². The minimum absolute atomic E-state index is 0.132. The summed E-state index contributed by atoms with van der Waals surface area (Å²) < 4.78 is 39.1. The summed E-state index contributed by atoms with van der Waals surface area (Å²) in [7, 11) is -2.07. The summed E-state index contributed by atoms with van der Waals surface area (Å²) in [6.07, 6.45) is 7.79. The second kappa shape index (κ2) is 12.9. The lowest BCUT2D eigenvalue weighted by Crippen LogP contribution is -2.29. The summed E-state index contributed by atoms with van der Waals surface area (Å²) in [5.41, 5.74) is 5.25. The van der Waals surface area contributed by atoms with E-state index in [4.69, 9.17) is 26.1 Å². The molecule has 0 radical (unpaired) electrons. The van der Waals surface area contributed by atoms with Crippen molar-refractivity contribution in [2.45, 2.75) is 44.8 Å². The number of fused-ring (bicyclic) bond motifs is 1. The van der Waals surface area contributed by atoms with E-state index in [1.54, 1.807) is 13.2 Å². The Bertz CT molecular complexity index is 1950. The van der Waals surface area contributed by atoms with Gasteiger partial charge in [0.1, 0.15) is 29.4 Å². The number of halogens is 1. The monoisotopic (exact) mass is 644 g/mol. The van der Waals surface area contributed by atoms with E-state index in [1.165, 1.54) is 12.6 Å². The van der Waals surface area contributed by atoms with Crippen molar-refractivity contribution in [3.05, 3.63) is 95.1 Å². The molecule has 0 atom stereocenters. The molecule has 232 valence electrons. The van der Waals surface area contributed by atoms with Crippen molar-refractivity contribution in [3.8, 4) is 34.0 Å². The molecule has 6 rings (SSSR count). The van der Waals surface area contributed by atoms with Gasteiger partial charge in [0.25, 0.3) is 5.91 Å². The van der Waals surface area contributed by atoms with Gasteiger partial charge >= 0.3 is 0 Å². The molecule has 9 nitrogen and oxygen atoms in total. The van der Waals surface area contributed by atoms with Crippen LogP contribution in [-0.2, 0) is 16.6 Å². The molecule has 0 aliphatic heterocycles. The van der Waals surface area contributed by atoms with E-state index in [0.29, 0.717) is 28.5 Å². The zero-order chi connectivity index (χ0) is 31.6. The number of sulfonamides is 1. The average Bonchev–Trinajstić information content (AvgIpc) is 3.43. The number of pyridine rings is 1. The largest absolute Gasteiger partial charge is 0.497 e. The summed E-state index contributed by atoms with van der Waals surface area (Å²) in [4.78, 5) is 22.0. The summed E-state index contributed by atoms with van der Waals surface area (Å²) in [6, 6.07) is 23.2. The van der Waals surface area contributed by atoms with Gasteiger partial charge in [-0.2, -0.15) is 0 Å². The number of ether oxygens (including phenoxy) is 2. The molecule has 0 bridgehead atoms. The van der Waals surface area contributed by atoms with Crippen molar-refractivity contribution >= 4 is 38.7 Å². The number of rotatable bonds is 9. The van der Waals surface area contributed by atoms with Gasteiger partial charge in [0.15, 0.2) is 5.65 Å². The number of nitrogens with zero attached hydrogens (tertiary/aromatic N) is 3. The van der Waals surface area contributed by atoms with E-state index in [0.717, 1.165) is 65.8 Å². The van der Waals surface area contributed by atoms with Gasteiger partial charge in [-0.3, -0.25) is 4.79 Å². The normalized spacial score (nSPS) is 13.9. The summed E-state index contributed by atoms with van der Waals surface area (Å²) in [6.45, 7) is 0.331. The number of amides is 1. The summed E-state index contributed by atoms with van der Waals surface area (Å²) in [5, 5.41) is 0.677. The van der Waals surface area contributed by atoms with Crippen LogP contribution in [0.4, 0.5) is 0 Å². The maximum absolute atomic E-state index is 12.5. The zero-order valence-electron chi connectivity index (χ0n) is 25.0. The van der Waals surface area contributed by atoms with Gasteiger partial charge in [0, 0.05) is 28.4 Å². The number of carbonyl (C=O) groups is 1. The van der Waals surface area contributed by atoms with Crippen LogP contribution in [0.3, 0.4) is 0 Å². The Kier molecular flexibility index (Phi) is 8.78. The highest BCUT2D eigenvalue weighted by Crippen LogP contribution is 2.36. The number of hydrogen-bond acceptors (Lipinski definition) is 7. The van der Waals surface area contributed by atoms with Crippen LogP contribution in [0.2, 0.25) is 5.02 Å². The van der Waals surface area contributed by atoms with Gasteiger partial charge in [-0.1, -0.05) is 49.1 Å². The fourth-order valence-electron chi connectivity index (χ4n) is 5.81. The molecule has 11 heteroatoms. The van der Waals surface area contributed by atoms with Gasteiger partial charge < -0.3 is 14.0 Å². The van der Waals surface area contributed by atoms with Crippen LogP contribution >= 0.6 is 11.6 Å². The number of imidazole rings is 1. The van der Waals surface area contributed by atoms with Gasteiger partial charge in [0.2, 0.25) is 10.0 Å². The summed E-state index contributed by atoms with van der Waals surface area (Å²) in [5.74, 6) is 1.45. The van der Waals surface area contributed by atoms with Gasteiger partial charge in [-0.15, -0.1) is 0 Å². The molecule has 1 aliphatic carbocycles. The van der Waals surface area contributed by atoms with E-state index in [2.05, 4.69) is 9.55 Å². The second-order valence-electron chi connectivity index (χ2n) is 11.2. The molecule has 1 aliphatic rings. The van der Waals surface area contributed by atoms with E-state index in [-0.39, 0.29) is 11.6 Å². The Hall–Kier alpha value is -4.41. The van der Waals surface area contributed by atoms with E-state index >= 15 is 0 Å². The summed E-state index contributed by atoms with van der Waals surface area (Å²) >= 11 is 6.11. The first-order chi connectivity index (χ1) is 21.7. The Morgan fingerprint density at radius 1 is 0.956 bits per heavy atom. The van der Waals surface area contributed by atoms with Gasteiger partial charge in [-0.25, -0.2) is 23.1 Å². The highest BCUT2D eigenvalue weighted by Gasteiger charge is 2.24. The third-order valence-electron chi connectivity index (χ3n) is 7.98. The van der Waals surface area contributed by atoms with Crippen LogP contribution in [-0.4, -0.2) is 42.2 Å². The lowest BCUT2D eigenvalue weighted by molar-refractivity contribution is 0.0981. The van der Waals surface area contributed by atoms with E-state index < -0.39 is 15.9 Å². The zero-order valence-corrected chi connectivity index (χ0v) is 26.6. The van der Waals surface area contributed by atoms with Crippen LogP contribution in [0.25, 0.3) is 33.7 Å². The third kappa shape index (κ3) is 6.97. The molecule has 0 spiro atoms. The average molecular weight is 645 g/mol. The Morgan fingerprint density at radius 2 is 1.64 bits per heavy atom. The Balaban J connectivity index is 1.29. The molecule has 3 aromatic carbocycles. The number of benzene rings is 3. The molecule has 45 heavy (non-hydrogen) atoms. The maximum atomic E-state index is 12.5. The van der Waals surface area contributed by atoms with Crippen molar-refractivity contribution in [1.29, 1.82) is 0 Å². The van der Waals surface area contributed by atoms with Crippen molar-refractivity contribution in [2.24, 2.45) is 0 Å². The Morgan fingerprint density at radius 3 is 2.33 bits per heavy atom. The molecule has 2 heterocycles. The van der Waals surface area contributed by atoms with Crippen LogP contribution in [0.5, 0.6) is 11.5 Å². The van der Waals surface area contributed by atoms with Gasteiger partial charge in [-0.05, 0) is 78.6 Å². The van der Waals surface area contributed by atoms with Crippen LogP contribution in [0, 0.1) is 0 Å². The van der Waals surface area contributed by atoms with Crippen molar-refractivity contribution in [3.63, 3.8) is 0 Å². The molecule has 0 saturated heterocycles. The van der Waals surface area contributed by atoms with Gasteiger partial charge in [0.05, 0.1) is 18.9 Å². The SMILES string of the molecule is COc1ccc(-c2ccc(Cl)cc2)c(COc2ccc(-c3nc4cc(C(=O)NS(C)(=O)=O)cnc4n3C3CCCCC3)cc2)c1. The molecular formula is C34H33ClN4O5S. The molecule has 5 aromatic rings. The molecule has 0 unspecified atom stereocenters. The number of nitrogens with one attached hydrogen (secondary N) is 1. The first kappa shape index (κ1) is 30.6. The van der Waals surface area contributed by atoms with E-state index in [1.807, 2.05) is 71.5 Å². The van der Waals surface area contributed by atoms with E-state index in [9.17, 15) is 13.2 Å². The molecule has 1 fully saturated rings. The first-order valence-electron chi connectivity index (χ1n) is 14.7. The predicted octanol–water partition coefficient (Wildman–Crippen LogP) is 7.20. The minimum Gasteiger partial charge on any atom is -0.497 e. The smallest absolute Gasteiger partial charge is 0.266 e. The number of aromatic nitrogens is 3. The highest BCUT2D eigenvalue weighted by atomic mass is 35.5. The molecule has 1 N–H and O–H groups in total. The fraction of sp³-hybridized carbons (Fsp3) is 0.265. The number of hydrogen-bond donors (Lipinski definition) is 1. The molecule has 1 saturated carbocycles. The Labute approximate surface area is 267 Å². The van der Waals surface area contributed by atoms with Crippen molar-refractivity contribution < 1.29 is 22.7 Å². The molecule has 2 aromatic heterocycles. The topological polar surface area (TPSA) is 112 Å². The van der Waals surface area contributed by atoms with Crippen molar-refractivity contribution in [1.82, 2.24) is 19.3 Å². The van der Waals surface area contributed by atoms with Crippen molar-refractivity contribution in [2.75, 3.05) is 13.4 Å². The third-order valence-corrected chi connectivity index (χ3v) is 8.79. The minimum atomic E-state index is -3.71. The number of methoxy groups -OCH3 is 1. The van der Waals surface area contributed by atoms with Crippen LogP contribution < -0.4 is 14.2 Å². The quantitative estimate of drug-likeness (QED) is 0.181. The lowest BCUT2D eigenvalue weighted by atomic mass is 9.95. The predicted molar refractivity (Wildman–Crippen MR) is 175 cm³/mol. The fourth-order valence-corrected chi connectivity index (χ4v) is 6.39. The highest BCUT2D eigenvalue weighted by molar-refractivity contribution is 7.89. The molecular weight excluding hydrogens is 612 g/mol. The maximum Gasteiger partial charge on any atom is 0.266 e. The standard InChI is InChI=1S/C34H33ClN4O5S/c1-43-29-16-17-30(22-8-12-26(35)13-9-22)25(18-29)21-44-28-14-10-23(11-15-28)32-37-31-19-24(34(40)38-45(2,41)42)20-36-33(31)39(32)27-6-4-3-5-7-27/h8-20,27H,3-7,21H2,1-2H3,(H,38,40).